The van der Waals surface area contributed by atoms with Gasteiger partial charge in [0.1, 0.15) is 22.7 Å². The van der Waals surface area contributed by atoms with Crippen LogP contribution in [-0.4, -0.2) is 29.5 Å². The van der Waals surface area contributed by atoms with Crippen molar-refractivity contribution in [2.75, 3.05) is 0 Å². The van der Waals surface area contributed by atoms with Crippen molar-refractivity contribution in [3.05, 3.63) is 133 Å². The number of fused-ring (bicyclic) bond motifs is 12. The molecule has 222 valence electrons. The average Bonchev–Trinajstić information content (AvgIpc) is 3.47. The third-order valence-corrected chi connectivity index (χ3v) is 9.54. The maximum atomic E-state index is 6.87. The van der Waals surface area contributed by atoms with E-state index in [9.17, 15) is 0 Å². The Bertz CT molecular complexity index is 2750. The summed E-state index contributed by atoms with van der Waals surface area (Å²) in [5.74, 6) is 2.33. The molecule has 7 heterocycles. The summed E-state index contributed by atoms with van der Waals surface area (Å²) in [5, 5.41) is 7.48. The molecule has 0 fully saturated rings. The molecule has 0 spiro atoms. The highest BCUT2D eigenvalue weighted by Crippen LogP contribution is 2.54. The Morgan fingerprint density at radius 3 is 2.30 bits per heavy atom. The Balaban J connectivity index is 1.30. The van der Waals surface area contributed by atoms with Crippen molar-refractivity contribution >= 4 is 54.4 Å². The van der Waals surface area contributed by atoms with E-state index in [1.807, 2.05) is 61.1 Å². The summed E-state index contributed by atoms with van der Waals surface area (Å²) in [5.41, 5.74) is 5.93. The van der Waals surface area contributed by atoms with Crippen LogP contribution in [0.1, 0.15) is 25.1 Å². The molecule has 6 aromatic heterocycles. The highest BCUT2D eigenvalue weighted by Gasteiger charge is 2.40. The second-order valence-corrected chi connectivity index (χ2v) is 12.6. The van der Waals surface area contributed by atoms with Gasteiger partial charge < -0.3 is 4.74 Å². The van der Waals surface area contributed by atoms with Crippen LogP contribution in [0.25, 0.3) is 71.6 Å². The Morgan fingerprint density at radius 1 is 0.638 bits per heavy atom. The molecule has 0 unspecified atom stereocenters. The van der Waals surface area contributed by atoms with E-state index in [1.54, 1.807) is 6.20 Å². The first-order valence-corrected chi connectivity index (χ1v) is 15.7. The highest BCUT2D eigenvalue weighted by molar-refractivity contribution is 6.24. The molecule has 0 N–H and O–H groups in total. The first-order valence-electron chi connectivity index (χ1n) is 15.7. The third-order valence-electron chi connectivity index (χ3n) is 9.54. The van der Waals surface area contributed by atoms with Crippen LogP contribution in [-0.2, 0) is 5.41 Å². The van der Waals surface area contributed by atoms with Crippen LogP contribution in [0.3, 0.4) is 0 Å². The zero-order valence-electron chi connectivity index (χ0n) is 25.6. The fourth-order valence-electron chi connectivity index (χ4n) is 7.45. The standard InChI is InChI=1S/C40H26N6O/c1-40(2)34-26-10-4-3-9-25(26)33-27-11-7-20-43-39(27)46(36(33)37(34)47-31-13-8-19-42-38(31)40)32-21-24-15-14-23-16-17-30(29-12-5-6-18-41-29)45-35(23)28(24)22-44-32/h3-22H,1-2H3. The number of pyridine rings is 5. The van der Waals surface area contributed by atoms with Crippen LogP contribution in [0.15, 0.2) is 122 Å². The summed E-state index contributed by atoms with van der Waals surface area (Å²) in [6.45, 7) is 4.46. The normalized spacial score (nSPS) is 13.7. The van der Waals surface area contributed by atoms with Gasteiger partial charge in [-0.15, -0.1) is 0 Å². The Labute approximate surface area is 269 Å². The van der Waals surface area contributed by atoms with Crippen molar-refractivity contribution in [2.45, 2.75) is 19.3 Å². The van der Waals surface area contributed by atoms with Crippen molar-refractivity contribution in [1.82, 2.24) is 29.5 Å². The first kappa shape index (κ1) is 26.1. The van der Waals surface area contributed by atoms with Gasteiger partial charge in [0, 0.05) is 57.3 Å². The van der Waals surface area contributed by atoms with Gasteiger partial charge in [0.05, 0.1) is 22.6 Å². The molecule has 47 heavy (non-hydrogen) atoms. The van der Waals surface area contributed by atoms with E-state index in [2.05, 4.69) is 78.0 Å². The van der Waals surface area contributed by atoms with Crippen LogP contribution in [0, 0.1) is 0 Å². The number of ether oxygens (including phenoxy) is 1. The van der Waals surface area contributed by atoms with E-state index in [-0.39, 0.29) is 0 Å². The van der Waals surface area contributed by atoms with Gasteiger partial charge in [-0.1, -0.05) is 48.5 Å². The summed E-state index contributed by atoms with van der Waals surface area (Å²) >= 11 is 0. The zero-order valence-corrected chi connectivity index (χ0v) is 25.6. The number of benzene rings is 3. The van der Waals surface area contributed by atoms with Crippen molar-refractivity contribution in [3.8, 4) is 28.7 Å². The Hall–Kier alpha value is -6.21. The maximum absolute atomic E-state index is 6.87. The molecule has 7 heteroatoms. The fraction of sp³-hybridized carbons (Fsp3) is 0.0750. The van der Waals surface area contributed by atoms with Crippen LogP contribution >= 0.6 is 0 Å². The first-order chi connectivity index (χ1) is 23.1. The molecule has 0 amide bonds. The lowest BCUT2D eigenvalue weighted by atomic mass is 9.75. The van der Waals surface area contributed by atoms with Gasteiger partial charge in [-0.25, -0.2) is 15.0 Å². The van der Waals surface area contributed by atoms with E-state index in [4.69, 9.17) is 24.7 Å². The fourth-order valence-corrected chi connectivity index (χ4v) is 7.45. The molecular weight excluding hydrogens is 580 g/mol. The number of hydrogen-bond acceptors (Lipinski definition) is 6. The van der Waals surface area contributed by atoms with E-state index in [0.29, 0.717) is 0 Å². The largest absolute Gasteiger partial charge is 0.453 e. The minimum absolute atomic E-state index is 0.417. The molecule has 0 saturated heterocycles. The molecule has 0 aliphatic carbocycles. The van der Waals surface area contributed by atoms with Gasteiger partial charge in [0.2, 0.25) is 0 Å². The molecule has 3 aromatic carbocycles. The van der Waals surface area contributed by atoms with Crippen LogP contribution in [0.4, 0.5) is 0 Å². The summed E-state index contributed by atoms with van der Waals surface area (Å²) < 4.78 is 9.03. The van der Waals surface area contributed by atoms with Crippen LogP contribution < -0.4 is 4.74 Å². The van der Waals surface area contributed by atoms with Gasteiger partial charge in [-0.2, -0.15) is 0 Å². The quantitative estimate of drug-likeness (QED) is 0.183. The predicted molar refractivity (Wildman–Crippen MR) is 186 cm³/mol. The number of rotatable bonds is 2. The summed E-state index contributed by atoms with van der Waals surface area (Å²) in [6, 6.07) is 33.0. The molecule has 0 atom stereocenters. The van der Waals surface area contributed by atoms with Crippen LogP contribution in [0.5, 0.6) is 11.5 Å². The molecular formula is C40H26N6O. The van der Waals surface area contributed by atoms with E-state index < -0.39 is 5.41 Å². The summed E-state index contributed by atoms with van der Waals surface area (Å²) in [6.07, 6.45) is 7.40. The van der Waals surface area contributed by atoms with Gasteiger partial charge in [0.25, 0.3) is 0 Å². The maximum Gasteiger partial charge on any atom is 0.157 e. The topological polar surface area (TPSA) is 78.6 Å². The SMILES string of the molecule is CC1(C)c2ncccc2Oc2c1c1ccccc1c1c3cccnc3n(-c3cc4ccc5ccc(-c6ccccn6)nc5c4cn3)c21. The monoisotopic (exact) mass is 606 g/mol. The molecule has 9 aromatic rings. The van der Waals surface area contributed by atoms with E-state index in [0.717, 1.165) is 94.3 Å². The summed E-state index contributed by atoms with van der Waals surface area (Å²) in [7, 11) is 0. The molecule has 0 saturated carbocycles. The minimum atomic E-state index is -0.417. The lowest BCUT2D eigenvalue weighted by Gasteiger charge is -2.35. The molecule has 10 rings (SSSR count). The van der Waals surface area contributed by atoms with Crippen molar-refractivity contribution in [2.24, 2.45) is 0 Å². The van der Waals surface area contributed by atoms with Gasteiger partial charge >= 0.3 is 0 Å². The number of hydrogen-bond donors (Lipinski definition) is 0. The van der Waals surface area contributed by atoms with E-state index >= 15 is 0 Å². The van der Waals surface area contributed by atoms with Crippen molar-refractivity contribution in [1.29, 1.82) is 0 Å². The number of aromatic nitrogens is 6. The Morgan fingerprint density at radius 2 is 1.40 bits per heavy atom. The molecule has 0 radical (unpaired) electrons. The van der Waals surface area contributed by atoms with Crippen LogP contribution in [0.2, 0.25) is 0 Å². The smallest absolute Gasteiger partial charge is 0.157 e. The number of nitrogens with zero attached hydrogens (tertiary/aromatic N) is 6. The highest BCUT2D eigenvalue weighted by atomic mass is 16.5. The minimum Gasteiger partial charge on any atom is -0.453 e. The lowest BCUT2D eigenvalue weighted by Crippen LogP contribution is -2.26. The Kier molecular flexibility index (Phi) is 5.21. The van der Waals surface area contributed by atoms with Gasteiger partial charge in [-0.3, -0.25) is 14.5 Å². The second kappa shape index (κ2) is 9.40. The van der Waals surface area contributed by atoms with Gasteiger partial charge in [-0.05, 0) is 78.5 Å². The molecule has 1 aliphatic heterocycles. The van der Waals surface area contributed by atoms with E-state index in [1.165, 1.54) is 0 Å². The predicted octanol–water partition coefficient (Wildman–Crippen LogP) is 9.32. The molecule has 0 bridgehead atoms. The summed E-state index contributed by atoms with van der Waals surface area (Å²) in [4.78, 5) is 24.4. The van der Waals surface area contributed by atoms with Gasteiger partial charge in [0.15, 0.2) is 5.75 Å². The third kappa shape index (κ3) is 3.59. The zero-order chi connectivity index (χ0) is 31.3. The average molecular weight is 607 g/mol. The van der Waals surface area contributed by atoms with Crippen molar-refractivity contribution in [3.63, 3.8) is 0 Å². The lowest BCUT2D eigenvalue weighted by molar-refractivity contribution is 0.415. The second-order valence-electron chi connectivity index (χ2n) is 12.6. The molecule has 7 nitrogen and oxygen atoms in total. The molecule has 1 aliphatic rings. The van der Waals surface area contributed by atoms with Crippen molar-refractivity contribution < 1.29 is 4.74 Å².